The van der Waals surface area contributed by atoms with Gasteiger partial charge in [0.2, 0.25) is 0 Å². The van der Waals surface area contributed by atoms with Crippen molar-refractivity contribution in [2.24, 2.45) is 0 Å². The molecule has 1 aromatic carbocycles. The van der Waals surface area contributed by atoms with E-state index in [0.29, 0.717) is 5.75 Å². The van der Waals surface area contributed by atoms with Crippen molar-refractivity contribution in [1.29, 1.82) is 0 Å². The Labute approximate surface area is 86.9 Å². The number of hydrogen-bond acceptors (Lipinski definition) is 1. The maximum absolute atomic E-state index is 9.30. The van der Waals surface area contributed by atoms with E-state index in [1.165, 1.54) is 9.13 Å². The van der Waals surface area contributed by atoms with Crippen LogP contribution in [0, 0.1) is 3.57 Å². The summed E-state index contributed by atoms with van der Waals surface area (Å²) in [6.45, 7) is 6.43. The molecule has 0 aliphatic heterocycles. The summed E-state index contributed by atoms with van der Waals surface area (Å²) in [4.78, 5) is 0. The molecule has 0 radical (unpaired) electrons. The molecule has 2 heteroatoms. The van der Waals surface area contributed by atoms with Crippen LogP contribution in [0.3, 0.4) is 0 Å². The van der Waals surface area contributed by atoms with Gasteiger partial charge in [-0.05, 0) is 51.8 Å². The highest BCUT2D eigenvalue weighted by Crippen LogP contribution is 2.29. The van der Waals surface area contributed by atoms with E-state index in [1.807, 2.05) is 12.1 Å². The quantitative estimate of drug-likeness (QED) is 0.721. The summed E-state index contributed by atoms with van der Waals surface area (Å²) in [5.74, 6) is 0.348. The third kappa shape index (κ3) is 2.12. The Morgan fingerprint density at radius 2 is 1.83 bits per heavy atom. The SMILES string of the molecule is CC(C)(C)c1cc(O)ccc1I. The standard InChI is InChI=1S/C10H13IO/c1-10(2,3)8-6-7(12)4-5-9(8)11/h4-6,12H,1-3H3. The van der Waals surface area contributed by atoms with Gasteiger partial charge in [-0.1, -0.05) is 20.8 Å². The first-order valence-corrected chi connectivity index (χ1v) is 4.98. The van der Waals surface area contributed by atoms with Crippen molar-refractivity contribution in [2.45, 2.75) is 26.2 Å². The molecule has 0 aromatic heterocycles. The molecule has 1 N–H and O–H groups in total. The smallest absolute Gasteiger partial charge is 0.115 e. The fourth-order valence-corrected chi connectivity index (χ4v) is 2.23. The lowest BCUT2D eigenvalue weighted by molar-refractivity contribution is 0.470. The molecule has 0 atom stereocenters. The Balaban J connectivity index is 3.23. The molecule has 0 amide bonds. The lowest BCUT2D eigenvalue weighted by Gasteiger charge is -2.20. The van der Waals surface area contributed by atoms with Crippen molar-refractivity contribution >= 4 is 22.6 Å². The predicted molar refractivity (Wildman–Crippen MR) is 59.5 cm³/mol. The summed E-state index contributed by atoms with van der Waals surface area (Å²) in [5, 5.41) is 9.30. The largest absolute Gasteiger partial charge is 0.508 e. The fourth-order valence-electron chi connectivity index (χ4n) is 1.09. The van der Waals surface area contributed by atoms with Crippen LogP contribution in [0.15, 0.2) is 18.2 Å². The van der Waals surface area contributed by atoms with Crippen LogP contribution >= 0.6 is 22.6 Å². The summed E-state index contributed by atoms with van der Waals surface area (Å²) >= 11 is 2.29. The molecule has 1 nitrogen and oxygen atoms in total. The zero-order valence-corrected chi connectivity index (χ0v) is 9.71. The van der Waals surface area contributed by atoms with E-state index < -0.39 is 0 Å². The van der Waals surface area contributed by atoms with E-state index in [-0.39, 0.29) is 5.41 Å². The van der Waals surface area contributed by atoms with Gasteiger partial charge in [0.1, 0.15) is 5.75 Å². The number of aromatic hydroxyl groups is 1. The first-order valence-electron chi connectivity index (χ1n) is 3.90. The van der Waals surface area contributed by atoms with Crippen LogP contribution in [-0.4, -0.2) is 5.11 Å². The summed E-state index contributed by atoms with van der Waals surface area (Å²) < 4.78 is 1.21. The third-order valence-corrected chi connectivity index (χ3v) is 2.70. The molecule has 1 aromatic rings. The highest BCUT2D eigenvalue weighted by Gasteiger charge is 2.16. The van der Waals surface area contributed by atoms with Crippen molar-refractivity contribution < 1.29 is 5.11 Å². The maximum Gasteiger partial charge on any atom is 0.115 e. The fraction of sp³-hybridized carbons (Fsp3) is 0.400. The van der Waals surface area contributed by atoms with E-state index >= 15 is 0 Å². The van der Waals surface area contributed by atoms with Crippen LogP contribution in [0.25, 0.3) is 0 Å². The molecular formula is C10H13IO. The lowest BCUT2D eigenvalue weighted by Crippen LogP contribution is -2.12. The zero-order chi connectivity index (χ0) is 9.35. The molecular weight excluding hydrogens is 263 g/mol. The highest BCUT2D eigenvalue weighted by molar-refractivity contribution is 14.1. The third-order valence-electron chi connectivity index (χ3n) is 1.76. The van der Waals surface area contributed by atoms with Crippen molar-refractivity contribution in [2.75, 3.05) is 0 Å². The van der Waals surface area contributed by atoms with Gasteiger partial charge in [0.15, 0.2) is 0 Å². The Kier molecular flexibility index (Phi) is 2.66. The number of halogens is 1. The zero-order valence-electron chi connectivity index (χ0n) is 7.56. The number of hydrogen-bond donors (Lipinski definition) is 1. The second-order valence-corrected chi connectivity index (χ2v) is 5.08. The molecule has 0 aliphatic carbocycles. The van der Waals surface area contributed by atoms with Gasteiger partial charge in [-0.2, -0.15) is 0 Å². The molecule has 0 spiro atoms. The summed E-state index contributed by atoms with van der Waals surface area (Å²) in [7, 11) is 0. The average molecular weight is 276 g/mol. The van der Waals surface area contributed by atoms with Crippen molar-refractivity contribution in [3.63, 3.8) is 0 Å². The molecule has 66 valence electrons. The molecule has 12 heavy (non-hydrogen) atoms. The van der Waals surface area contributed by atoms with Crippen LogP contribution in [0.1, 0.15) is 26.3 Å². The Hall–Kier alpha value is -0.250. The van der Waals surface area contributed by atoms with Crippen LogP contribution in [0.2, 0.25) is 0 Å². The minimum atomic E-state index is 0.106. The van der Waals surface area contributed by atoms with Gasteiger partial charge in [-0.25, -0.2) is 0 Å². The first-order chi connectivity index (χ1) is 5.41. The van der Waals surface area contributed by atoms with Gasteiger partial charge in [0.05, 0.1) is 0 Å². The van der Waals surface area contributed by atoms with Crippen LogP contribution in [0.5, 0.6) is 5.75 Å². The van der Waals surface area contributed by atoms with Crippen molar-refractivity contribution in [3.8, 4) is 5.75 Å². The first kappa shape index (κ1) is 9.84. The molecule has 0 aliphatic rings. The number of phenolic OH excluding ortho intramolecular Hbond substituents is 1. The van der Waals surface area contributed by atoms with E-state index in [9.17, 15) is 5.11 Å². The van der Waals surface area contributed by atoms with E-state index in [1.54, 1.807) is 6.07 Å². The Bertz CT molecular complexity index is 286. The van der Waals surface area contributed by atoms with Gasteiger partial charge in [0, 0.05) is 3.57 Å². The monoisotopic (exact) mass is 276 g/mol. The van der Waals surface area contributed by atoms with Gasteiger partial charge in [-0.3, -0.25) is 0 Å². The molecule has 0 saturated carbocycles. The second kappa shape index (κ2) is 3.24. The van der Waals surface area contributed by atoms with Crippen LogP contribution in [-0.2, 0) is 5.41 Å². The minimum Gasteiger partial charge on any atom is -0.508 e. The van der Waals surface area contributed by atoms with E-state index in [2.05, 4.69) is 43.4 Å². The number of rotatable bonds is 0. The predicted octanol–water partition coefficient (Wildman–Crippen LogP) is 3.29. The van der Waals surface area contributed by atoms with Crippen molar-refractivity contribution in [3.05, 3.63) is 27.3 Å². The van der Waals surface area contributed by atoms with Crippen LogP contribution in [0.4, 0.5) is 0 Å². The maximum atomic E-state index is 9.30. The Morgan fingerprint density at radius 1 is 1.25 bits per heavy atom. The van der Waals surface area contributed by atoms with Crippen LogP contribution < -0.4 is 0 Å². The molecule has 0 saturated heterocycles. The Morgan fingerprint density at radius 3 is 2.25 bits per heavy atom. The average Bonchev–Trinajstić information content (AvgIpc) is 1.92. The summed E-state index contributed by atoms with van der Waals surface area (Å²) in [6, 6.07) is 5.50. The highest BCUT2D eigenvalue weighted by atomic mass is 127. The van der Waals surface area contributed by atoms with Crippen molar-refractivity contribution in [1.82, 2.24) is 0 Å². The number of phenols is 1. The molecule has 1 rings (SSSR count). The summed E-state index contributed by atoms with van der Waals surface area (Å²) in [5.41, 5.74) is 1.30. The molecule has 0 heterocycles. The second-order valence-electron chi connectivity index (χ2n) is 3.91. The number of benzene rings is 1. The van der Waals surface area contributed by atoms with Gasteiger partial charge >= 0.3 is 0 Å². The topological polar surface area (TPSA) is 20.2 Å². The minimum absolute atomic E-state index is 0.106. The summed E-state index contributed by atoms with van der Waals surface area (Å²) in [6.07, 6.45) is 0. The van der Waals surface area contributed by atoms with E-state index in [4.69, 9.17) is 0 Å². The lowest BCUT2D eigenvalue weighted by atomic mass is 9.87. The van der Waals surface area contributed by atoms with Gasteiger partial charge < -0.3 is 5.11 Å². The van der Waals surface area contributed by atoms with Gasteiger partial charge in [-0.15, -0.1) is 0 Å². The normalized spacial score (nSPS) is 11.7. The van der Waals surface area contributed by atoms with Gasteiger partial charge in [0.25, 0.3) is 0 Å². The molecule has 0 fully saturated rings. The van der Waals surface area contributed by atoms with E-state index in [0.717, 1.165) is 0 Å². The molecule has 0 unspecified atom stereocenters. The molecule has 0 bridgehead atoms.